The molecule has 0 unspecified atom stereocenters. The number of hydrogen-bond donors (Lipinski definition) is 0. The van der Waals surface area contributed by atoms with Gasteiger partial charge in [0.2, 0.25) is 0 Å². The summed E-state index contributed by atoms with van der Waals surface area (Å²) >= 11 is 0. The van der Waals surface area contributed by atoms with Gasteiger partial charge in [-0.1, -0.05) is 176 Å². The first kappa shape index (κ1) is 38.0. The number of fused-ring (bicyclic) bond motifs is 9. The van der Waals surface area contributed by atoms with Gasteiger partial charge in [0.25, 0.3) is 0 Å². The number of aromatic nitrogens is 1. The van der Waals surface area contributed by atoms with Crippen LogP contribution in [0.3, 0.4) is 0 Å². The molecule has 0 saturated carbocycles. The van der Waals surface area contributed by atoms with Crippen molar-refractivity contribution in [1.82, 2.24) is 4.57 Å². The van der Waals surface area contributed by atoms with Crippen molar-refractivity contribution in [3.8, 4) is 39.1 Å². The molecule has 0 bridgehead atoms. The molecule has 0 radical (unpaired) electrons. The summed E-state index contributed by atoms with van der Waals surface area (Å²) in [6.45, 7) is 0. The Labute approximate surface area is 384 Å². The molecule has 0 fully saturated rings. The topological polar surface area (TPSA) is 8.17 Å². The molecule has 2 heteroatoms. The normalized spacial score (nSPS) is 12.4. The lowest BCUT2D eigenvalue weighted by atomic mass is 9.91. The van der Waals surface area contributed by atoms with E-state index in [2.05, 4.69) is 252 Å². The molecule has 12 aromatic rings. The highest BCUT2D eigenvalue weighted by molar-refractivity contribution is 6.16. The maximum absolute atomic E-state index is 2.43. The molecule has 1 aliphatic carbocycles. The Morgan fingerprint density at radius 2 is 1.00 bits per heavy atom. The molecule has 0 N–H and O–H groups in total. The number of benzene rings is 11. The lowest BCUT2D eigenvalue weighted by Crippen LogP contribution is -2.10. The summed E-state index contributed by atoms with van der Waals surface area (Å²) in [5.74, 6) is 0. The zero-order chi connectivity index (χ0) is 43.6. The number of para-hydroxylation sites is 1. The van der Waals surface area contributed by atoms with E-state index in [4.69, 9.17) is 0 Å². The number of nitrogens with zero attached hydrogens (tertiary/aromatic N) is 2. The van der Waals surface area contributed by atoms with Gasteiger partial charge in [-0.15, -0.1) is 0 Å². The van der Waals surface area contributed by atoms with Crippen molar-refractivity contribution in [1.29, 1.82) is 0 Å². The Hall–Kier alpha value is -8.46. The van der Waals surface area contributed by atoms with E-state index >= 15 is 0 Å². The number of anilines is 3. The number of allylic oxidation sites excluding steroid dienone is 1. The van der Waals surface area contributed by atoms with Gasteiger partial charge in [-0.2, -0.15) is 0 Å². The van der Waals surface area contributed by atoms with Crippen LogP contribution in [0.15, 0.2) is 237 Å². The lowest BCUT2D eigenvalue weighted by Gasteiger charge is -2.27. The van der Waals surface area contributed by atoms with E-state index < -0.39 is 0 Å². The highest BCUT2D eigenvalue weighted by atomic mass is 15.1. The van der Waals surface area contributed by atoms with Gasteiger partial charge in [0.05, 0.1) is 11.0 Å². The Balaban J connectivity index is 0.960. The standard InChI is InChI=1S/C64H44N2/c1-3-13-43(14-4-1)48-32-37-61-63(42-48)66(52-18-5-2-6-19-52)62-24-12-23-60(64(61)62)49-17-11-20-54(40-49)65(55-35-38-59-51(41-55)28-26-46-16-8-10-22-57(46)59)53-33-29-44(30-34-53)47-31-36-58-50(39-47)27-25-45-15-7-9-21-56(45)58/h1-9,11-21,23-42H,10,22H2. The van der Waals surface area contributed by atoms with Crippen molar-refractivity contribution in [2.75, 3.05) is 4.90 Å². The van der Waals surface area contributed by atoms with Crippen LogP contribution in [0.1, 0.15) is 17.5 Å². The molecule has 1 aromatic heterocycles. The van der Waals surface area contributed by atoms with Gasteiger partial charge >= 0.3 is 0 Å². The fourth-order valence-electron chi connectivity index (χ4n) is 10.6. The molecule has 0 atom stereocenters. The minimum Gasteiger partial charge on any atom is -0.310 e. The molecular weight excluding hydrogens is 797 g/mol. The average molecular weight is 841 g/mol. The van der Waals surface area contributed by atoms with Gasteiger partial charge in [0.1, 0.15) is 0 Å². The van der Waals surface area contributed by atoms with Crippen LogP contribution in [0, 0.1) is 0 Å². The maximum Gasteiger partial charge on any atom is 0.0547 e. The minimum atomic E-state index is 1.07. The van der Waals surface area contributed by atoms with E-state index in [1.807, 2.05) is 0 Å². The SMILES string of the molecule is C1=Cc2ccc3cc(N(c4ccc(-c5ccc6c(ccc7ccccc76)c5)cc4)c4cccc(-c5cccc6c5c5ccc(-c7ccccc7)cc5n6-c5ccccc5)c4)ccc3c2CC1. The zero-order valence-corrected chi connectivity index (χ0v) is 36.4. The van der Waals surface area contributed by atoms with Gasteiger partial charge < -0.3 is 9.47 Å². The van der Waals surface area contributed by atoms with Crippen LogP contribution >= 0.6 is 0 Å². The summed E-state index contributed by atoms with van der Waals surface area (Å²) < 4.78 is 2.43. The van der Waals surface area contributed by atoms with Gasteiger partial charge in [-0.3, -0.25) is 0 Å². The lowest BCUT2D eigenvalue weighted by molar-refractivity contribution is 0.997. The molecule has 66 heavy (non-hydrogen) atoms. The fourth-order valence-corrected chi connectivity index (χ4v) is 10.6. The van der Waals surface area contributed by atoms with Crippen LogP contribution < -0.4 is 4.90 Å². The van der Waals surface area contributed by atoms with E-state index in [-0.39, 0.29) is 0 Å². The van der Waals surface area contributed by atoms with Gasteiger partial charge in [-0.05, 0) is 156 Å². The third-order valence-electron chi connectivity index (χ3n) is 13.8. The summed E-state index contributed by atoms with van der Waals surface area (Å²) in [4.78, 5) is 2.43. The van der Waals surface area contributed by atoms with E-state index in [9.17, 15) is 0 Å². The largest absolute Gasteiger partial charge is 0.310 e. The summed E-state index contributed by atoms with van der Waals surface area (Å²) in [5, 5.41) is 10.2. The fraction of sp³-hybridized carbons (Fsp3) is 0.0312. The molecule has 0 aliphatic heterocycles. The second kappa shape index (κ2) is 15.7. The van der Waals surface area contributed by atoms with Gasteiger partial charge in [-0.25, -0.2) is 0 Å². The molecule has 1 heterocycles. The van der Waals surface area contributed by atoms with Crippen molar-refractivity contribution in [2.24, 2.45) is 0 Å². The first-order valence-corrected chi connectivity index (χ1v) is 23.0. The minimum absolute atomic E-state index is 1.07. The Bertz CT molecular complexity index is 3860. The second-order valence-electron chi connectivity index (χ2n) is 17.6. The van der Waals surface area contributed by atoms with Crippen LogP contribution in [0.25, 0.3) is 99.3 Å². The molecule has 2 nitrogen and oxygen atoms in total. The Morgan fingerprint density at radius 3 is 1.88 bits per heavy atom. The average Bonchev–Trinajstić information content (AvgIpc) is 3.73. The number of hydrogen-bond acceptors (Lipinski definition) is 1. The first-order chi connectivity index (χ1) is 32.7. The second-order valence-corrected chi connectivity index (χ2v) is 17.6. The predicted octanol–water partition coefficient (Wildman–Crippen LogP) is 17.7. The van der Waals surface area contributed by atoms with E-state index in [0.29, 0.717) is 0 Å². The van der Waals surface area contributed by atoms with Crippen molar-refractivity contribution in [2.45, 2.75) is 12.8 Å². The quantitative estimate of drug-likeness (QED) is 0.145. The van der Waals surface area contributed by atoms with Crippen LogP contribution in [-0.4, -0.2) is 4.57 Å². The summed E-state index contributed by atoms with van der Waals surface area (Å²) in [7, 11) is 0. The first-order valence-electron chi connectivity index (χ1n) is 23.0. The Morgan fingerprint density at radius 1 is 0.364 bits per heavy atom. The summed E-state index contributed by atoms with van der Waals surface area (Å²) in [6.07, 6.45) is 6.73. The molecule has 0 amide bonds. The van der Waals surface area contributed by atoms with Crippen LogP contribution in [0.5, 0.6) is 0 Å². The monoisotopic (exact) mass is 840 g/mol. The summed E-state index contributed by atoms with van der Waals surface area (Å²) in [5.41, 5.74) is 16.8. The number of aryl methyl sites for hydroxylation is 1. The third-order valence-corrected chi connectivity index (χ3v) is 13.8. The molecule has 0 spiro atoms. The molecule has 1 aliphatic rings. The maximum atomic E-state index is 2.43. The highest BCUT2D eigenvalue weighted by Gasteiger charge is 2.20. The summed E-state index contributed by atoms with van der Waals surface area (Å²) in [6, 6.07) is 85.1. The van der Waals surface area contributed by atoms with Crippen LogP contribution in [0.2, 0.25) is 0 Å². The van der Waals surface area contributed by atoms with Gasteiger partial charge in [0, 0.05) is 33.5 Å². The zero-order valence-electron chi connectivity index (χ0n) is 36.4. The highest BCUT2D eigenvalue weighted by Crippen LogP contribution is 2.44. The van der Waals surface area contributed by atoms with Crippen molar-refractivity contribution >= 4 is 77.3 Å². The molecule has 0 saturated heterocycles. The smallest absolute Gasteiger partial charge is 0.0547 e. The van der Waals surface area contributed by atoms with Crippen LogP contribution in [0.4, 0.5) is 17.1 Å². The van der Waals surface area contributed by atoms with E-state index in [1.165, 1.54) is 98.6 Å². The predicted molar refractivity (Wildman–Crippen MR) is 282 cm³/mol. The molecule has 13 rings (SSSR count). The van der Waals surface area contributed by atoms with E-state index in [0.717, 1.165) is 35.6 Å². The number of rotatable bonds is 7. The van der Waals surface area contributed by atoms with Crippen LogP contribution in [-0.2, 0) is 6.42 Å². The third kappa shape index (κ3) is 6.41. The van der Waals surface area contributed by atoms with Gasteiger partial charge in [0.15, 0.2) is 0 Å². The van der Waals surface area contributed by atoms with E-state index in [1.54, 1.807) is 0 Å². The molecular formula is C64H44N2. The van der Waals surface area contributed by atoms with Crippen molar-refractivity contribution in [3.05, 3.63) is 248 Å². The van der Waals surface area contributed by atoms with Crippen molar-refractivity contribution < 1.29 is 0 Å². The molecule has 310 valence electrons. The van der Waals surface area contributed by atoms with Crippen molar-refractivity contribution in [3.63, 3.8) is 0 Å². The Kier molecular flexibility index (Phi) is 9.02. The molecule has 11 aromatic carbocycles.